The first-order valence-corrected chi connectivity index (χ1v) is 9.76. The summed E-state index contributed by atoms with van der Waals surface area (Å²) in [6.07, 6.45) is 5.29. The summed E-state index contributed by atoms with van der Waals surface area (Å²) >= 11 is 0. The van der Waals surface area contributed by atoms with Gasteiger partial charge in [0.05, 0.1) is 13.2 Å². The SMILES string of the molecule is CC1(C)CC2CC(C)(CN2/C=C(/C#N)C(=O)NCCN2CCOCC2)C1. The molecule has 0 aromatic rings. The van der Waals surface area contributed by atoms with Gasteiger partial charge in [0.1, 0.15) is 11.6 Å². The molecular weight excluding hydrogens is 328 g/mol. The Morgan fingerprint density at radius 1 is 1.31 bits per heavy atom. The van der Waals surface area contributed by atoms with E-state index in [0.717, 1.165) is 52.2 Å². The van der Waals surface area contributed by atoms with E-state index in [-0.39, 0.29) is 16.9 Å². The maximum Gasteiger partial charge on any atom is 0.263 e. The van der Waals surface area contributed by atoms with E-state index in [1.807, 2.05) is 0 Å². The summed E-state index contributed by atoms with van der Waals surface area (Å²) in [7, 11) is 0. The molecule has 26 heavy (non-hydrogen) atoms. The fourth-order valence-corrected chi connectivity index (χ4v) is 5.21. The van der Waals surface area contributed by atoms with E-state index in [2.05, 4.69) is 42.0 Å². The standard InChI is InChI=1S/C20H32N4O2/c1-19(2)10-17-11-20(3,14-19)15-24(17)13-16(12-21)18(25)22-4-5-23-6-8-26-9-7-23/h13,17H,4-11,14-15H2,1-3H3,(H,22,25)/b16-13-. The minimum Gasteiger partial charge on any atom is -0.379 e. The summed E-state index contributed by atoms with van der Waals surface area (Å²) in [5.74, 6) is -0.258. The molecule has 144 valence electrons. The van der Waals surface area contributed by atoms with Gasteiger partial charge in [0.25, 0.3) is 5.91 Å². The normalized spacial score (nSPS) is 31.5. The Hall–Kier alpha value is -1.58. The van der Waals surface area contributed by atoms with Crippen molar-refractivity contribution in [1.82, 2.24) is 15.1 Å². The van der Waals surface area contributed by atoms with Crippen molar-refractivity contribution in [2.75, 3.05) is 45.9 Å². The number of carbonyl (C=O) groups excluding carboxylic acids is 1. The van der Waals surface area contributed by atoms with E-state index in [1.165, 1.54) is 6.42 Å². The minimum absolute atomic E-state index is 0.223. The van der Waals surface area contributed by atoms with Gasteiger partial charge in [0.2, 0.25) is 0 Å². The second kappa shape index (κ2) is 7.58. The number of likely N-dealkylation sites (tertiary alicyclic amines) is 1. The third kappa shape index (κ3) is 4.57. The molecule has 2 atom stereocenters. The van der Waals surface area contributed by atoms with E-state index in [1.54, 1.807) is 6.20 Å². The molecule has 6 heteroatoms. The van der Waals surface area contributed by atoms with Crippen molar-refractivity contribution in [1.29, 1.82) is 5.26 Å². The van der Waals surface area contributed by atoms with Crippen LogP contribution in [0.25, 0.3) is 0 Å². The number of nitrogens with zero attached hydrogens (tertiary/aromatic N) is 3. The van der Waals surface area contributed by atoms with E-state index in [9.17, 15) is 10.1 Å². The third-order valence-corrected chi connectivity index (χ3v) is 5.93. The zero-order valence-electron chi connectivity index (χ0n) is 16.4. The molecule has 1 aliphatic carbocycles. The van der Waals surface area contributed by atoms with Crippen molar-refractivity contribution < 1.29 is 9.53 Å². The second-order valence-corrected chi connectivity index (χ2v) is 9.25. The van der Waals surface area contributed by atoms with Crippen LogP contribution in [0, 0.1) is 22.2 Å². The maximum absolute atomic E-state index is 12.4. The predicted molar refractivity (Wildman–Crippen MR) is 100 cm³/mol. The van der Waals surface area contributed by atoms with E-state index in [0.29, 0.717) is 18.0 Å². The zero-order chi connectivity index (χ0) is 18.8. The summed E-state index contributed by atoms with van der Waals surface area (Å²) in [5.41, 5.74) is 0.838. The summed E-state index contributed by atoms with van der Waals surface area (Å²) in [5, 5.41) is 12.4. The van der Waals surface area contributed by atoms with Crippen LogP contribution in [0.2, 0.25) is 0 Å². The van der Waals surface area contributed by atoms with Gasteiger partial charge in [-0.25, -0.2) is 0 Å². The molecular formula is C20H32N4O2. The highest BCUT2D eigenvalue weighted by molar-refractivity contribution is 5.97. The molecule has 2 heterocycles. The molecule has 0 aromatic heterocycles. The average molecular weight is 361 g/mol. The van der Waals surface area contributed by atoms with Crippen LogP contribution in [0.15, 0.2) is 11.8 Å². The summed E-state index contributed by atoms with van der Waals surface area (Å²) < 4.78 is 5.33. The van der Waals surface area contributed by atoms with E-state index < -0.39 is 0 Å². The Balaban J connectivity index is 1.56. The highest BCUT2D eigenvalue weighted by atomic mass is 16.5. The molecule has 2 bridgehead atoms. The molecule has 0 radical (unpaired) electrons. The van der Waals surface area contributed by atoms with Gasteiger partial charge in [-0.05, 0) is 30.1 Å². The molecule has 2 unspecified atom stereocenters. The molecule has 3 aliphatic rings. The lowest BCUT2D eigenvalue weighted by molar-refractivity contribution is -0.117. The topological polar surface area (TPSA) is 68.6 Å². The van der Waals surface area contributed by atoms with Crippen LogP contribution in [0.5, 0.6) is 0 Å². The maximum atomic E-state index is 12.4. The van der Waals surface area contributed by atoms with Crippen LogP contribution in [0.4, 0.5) is 0 Å². The fraction of sp³-hybridized carbons (Fsp3) is 0.800. The van der Waals surface area contributed by atoms with Gasteiger partial charge in [-0.3, -0.25) is 9.69 Å². The summed E-state index contributed by atoms with van der Waals surface area (Å²) in [6, 6.07) is 2.54. The van der Waals surface area contributed by atoms with E-state index in [4.69, 9.17) is 4.74 Å². The third-order valence-electron chi connectivity index (χ3n) is 5.93. The van der Waals surface area contributed by atoms with Gasteiger partial charge in [0, 0.05) is 45.0 Å². The van der Waals surface area contributed by atoms with Crippen LogP contribution in [0.3, 0.4) is 0 Å². The number of nitrogens with one attached hydrogen (secondary N) is 1. The number of rotatable bonds is 5. The van der Waals surface area contributed by atoms with Gasteiger partial charge in [-0.2, -0.15) is 5.26 Å². The first kappa shape index (κ1) is 19.2. The Bertz CT molecular complexity index is 603. The lowest BCUT2D eigenvalue weighted by Crippen LogP contribution is -2.41. The fourth-order valence-electron chi connectivity index (χ4n) is 5.21. The second-order valence-electron chi connectivity index (χ2n) is 9.25. The quantitative estimate of drug-likeness (QED) is 0.597. The molecule has 1 amide bonds. The highest BCUT2D eigenvalue weighted by Crippen LogP contribution is 2.52. The van der Waals surface area contributed by atoms with Gasteiger partial charge < -0.3 is 15.0 Å². The summed E-state index contributed by atoms with van der Waals surface area (Å²) in [6.45, 7) is 12.6. The molecule has 1 saturated carbocycles. The molecule has 2 saturated heterocycles. The van der Waals surface area contributed by atoms with Crippen molar-refractivity contribution in [2.24, 2.45) is 10.8 Å². The minimum atomic E-state index is -0.258. The molecule has 3 rings (SSSR count). The van der Waals surface area contributed by atoms with E-state index >= 15 is 0 Å². The Morgan fingerprint density at radius 2 is 2.04 bits per heavy atom. The van der Waals surface area contributed by atoms with Crippen LogP contribution < -0.4 is 5.32 Å². The van der Waals surface area contributed by atoms with Crippen LogP contribution in [-0.4, -0.2) is 67.7 Å². The molecule has 0 spiro atoms. The average Bonchev–Trinajstić information content (AvgIpc) is 2.81. The predicted octanol–water partition coefficient (Wildman–Crippen LogP) is 1.74. The lowest BCUT2D eigenvalue weighted by atomic mass is 9.65. The van der Waals surface area contributed by atoms with Gasteiger partial charge in [-0.1, -0.05) is 20.8 Å². The number of ether oxygens (including phenoxy) is 1. The number of carbonyl (C=O) groups is 1. The van der Waals surface area contributed by atoms with Crippen molar-refractivity contribution in [3.05, 3.63) is 11.8 Å². The van der Waals surface area contributed by atoms with Crippen LogP contribution >= 0.6 is 0 Å². The number of amides is 1. The molecule has 2 aliphatic heterocycles. The van der Waals surface area contributed by atoms with Gasteiger partial charge >= 0.3 is 0 Å². The number of hydrogen-bond acceptors (Lipinski definition) is 5. The first-order valence-electron chi connectivity index (χ1n) is 9.76. The monoisotopic (exact) mass is 360 g/mol. The van der Waals surface area contributed by atoms with Gasteiger partial charge in [0.15, 0.2) is 0 Å². The Kier molecular flexibility index (Phi) is 5.59. The largest absolute Gasteiger partial charge is 0.379 e. The molecule has 3 fully saturated rings. The molecule has 0 aromatic carbocycles. The highest BCUT2D eigenvalue weighted by Gasteiger charge is 2.48. The number of nitriles is 1. The smallest absolute Gasteiger partial charge is 0.263 e. The Labute approximate surface area is 157 Å². The van der Waals surface area contributed by atoms with Crippen LogP contribution in [-0.2, 0) is 9.53 Å². The number of morpholine rings is 1. The summed E-state index contributed by atoms with van der Waals surface area (Å²) in [4.78, 5) is 16.9. The molecule has 6 nitrogen and oxygen atoms in total. The first-order chi connectivity index (χ1) is 12.3. The van der Waals surface area contributed by atoms with Crippen molar-refractivity contribution in [3.63, 3.8) is 0 Å². The molecule has 1 N–H and O–H groups in total. The number of hydrogen-bond donors (Lipinski definition) is 1. The number of fused-ring (bicyclic) bond motifs is 2. The van der Waals surface area contributed by atoms with Gasteiger partial charge in [-0.15, -0.1) is 0 Å². The van der Waals surface area contributed by atoms with Crippen LogP contribution in [0.1, 0.15) is 40.0 Å². The zero-order valence-corrected chi connectivity index (χ0v) is 16.4. The lowest BCUT2D eigenvalue weighted by Gasteiger charge is -2.39. The van der Waals surface area contributed by atoms with Crippen molar-refractivity contribution in [2.45, 2.75) is 46.1 Å². The van der Waals surface area contributed by atoms with Crippen molar-refractivity contribution >= 4 is 5.91 Å². The Morgan fingerprint density at radius 3 is 2.73 bits per heavy atom. The van der Waals surface area contributed by atoms with Crippen molar-refractivity contribution in [3.8, 4) is 6.07 Å².